The van der Waals surface area contributed by atoms with Gasteiger partial charge in [0.05, 0.1) is 11.6 Å². The van der Waals surface area contributed by atoms with Crippen molar-refractivity contribution < 1.29 is 0 Å². The Morgan fingerprint density at radius 3 is 3.00 bits per heavy atom. The molecule has 0 radical (unpaired) electrons. The normalized spacial score (nSPS) is 16.8. The second-order valence-corrected chi connectivity index (χ2v) is 1.75. The molecule has 1 heterocycles. The molecule has 1 rings (SSSR count). The summed E-state index contributed by atoms with van der Waals surface area (Å²) >= 11 is 0. The van der Waals surface area contributed by atoms with Crippen LogP contribution >= 0.6 is 0 Å². The van der Waals surface area contributed by atoms with Gasteiger partial charge in [-0.25, -0.2) is 0 Å². The van der Waals surface area contributed by atoms with Crippen LogP contribution in [0.1, 0.15) is 6.42 Å². The van der Waals surface area contributed by atoms with Gasteiger partial charge in [0, 0.05) is 6.42 Å². The van der Waals surface area contributed by atoms with Gasteiger partial charge in [0.25, 0.3) is 0 Å². The van der Waals surface area contributed by atoms with Gasteiger partial charge >= 0.3 is 0 Å². The maximum atomic E-state index is 8.40. The van der Waals surface area contributed by atoms with Gasteiger partial charge in [-0.15, -0.1) is 0 Å². The van der Waals surface area contributed by atoms with Crippen LogP contribution in [0.5, 0.6) is 0 Å². The Morgan fingerprint density at radius 1 is 1.78 bits per heavy atom. The molecule has 46 valence electrons. The summed E-state index contributed by atoms with van der Waals surface area (Å²) in [4.78, 5) is 0. The highest BCUT2D eigenvalue weighted by molar-refractivity contribution is 5.30. The number of nitrogens with one attached hydrogen (secondary N) is 1. The van der Waals surface area contributed by atoms with Gasteiger partial charge in [-0.1, -0.05) is 6.08 Å². The van der Waals surface area contributed by atoms with E-state index in [2.05, 4.69) is 5.32 Å². The molecule has 0 aromatic rings. The fraction of sp³-hybridized carbons (Fsp3) is 0.167. The van der Waals surface area contributed by atoms with Crippen molar-refractivity contribution in [2.75, 3.05) is 0 Å². The molecule has 0 fully saturated rings. The summed E-state index contributed by atoms with van der Waals surface area (Å²) < 4.78 is 0. The lowest BCUT2D eigenvalue weighted by molar-refractivity contribution is 0.947. The minimum atomic E-state index is 0.472. The largest absolute Gasteiger partial charge is 0.384 e. The van der Waals surface area contributed by atoms with Crippen molar-refractivity contribution in [3.63, 3.8) is 0 Å². The number of dihydropyridines is 1. The molecule has 0 saturated heterocycles. The summed E-state index contributed by atoms with van der Waals surface area (Å²) in [5.41, 5.74) is 5.99. The Labute approximate surface area is 53.5 Å². The third-order valence-electron chi connectivity index (χ3n) is 1.14. The Morgan fingerprint density at radius 2 is 2.56 bits per heavy atom. The molecule has 0 saturated carbocycles. The summed E-state index contributed by atoms with van der Waals surface area (Å²) in [6.45, 7) is 0. The average Bonchev–Trinajstić information content (AvgIpc) is 1.89. The molecule has 1 aliphatic rings. The molecule has 0 atom stereocenters. The van der Waals surface area contributed by atoms with E-state index in [0.29, 0.717) is 17.8 Å². The molecule has 0 aromatic heterocycles. The molecule has 3 nitrogen and oxygen atoms in total. The van der Waals surface area contributed by atoms with Gasteiger partial charge in [-0.05, 0) is 6.20 Å². The van der Waals surface area contributed by atoms with E-state index in [0.717, 1.165) is 0 Å². The van der Waals surface area contributed by atoms with Gasteiger partial charge < -0.3 is 11.1 Å². The first-order chi connectivity index (χ1) is 4.34. The highest BCUT2D eigenvalue weighted by Gasteiger charge is 2.01. The van der Waals surface area contributed by atoms with Crippen LogP contribution in [0.3, 0.4) is 0 Å². The summed E-state index contributed by atoms with van der Waals surface area (Å²) in [6.07, 6.45) is 4.24. The molecule has 9 heavy (non-hydrogen) atoms. The van der Waals surface area contributed by atoms with E-state index in [9.17, 15) is 0 Å². The molecule has 0 aliphatic carbocycles. The minimum Gasteiger partial charge on any atom is -0.384 e. The van der Waals surface area contributed by atoms with Crippen LogP contribution in [0.2, 0.25) is 0 Å². The minimum absolute atomic E-state index is 0.472. The summed E-state index contributed by atoms with van der Waals surface area (Å²) in [5, 5.41) is 11.1. The van der Waals surface area contributed by atoms with Crippen LogP contribution in [0, 0.1) is 11.3 Å². The third-order valence-corrected chi connectivity index (χ3v) is 1.14. The average molecular weight is 121 g/mol. The van der Waals surface area contributed by atoms with Crippen molar-refractivity contribution in [1.82, 2.24) is 5.32 Å². The molecule has 0 unspecified atom stereocenters. The maximum Gasteiger partial charge on any atom is 0.114 e. The van der Waals surface area contributed by atoms with E-state index in [4.69, 9.17) is 11.0 Å². The van der Waals surface area contributed by atoms with Crippen LogP contribution in [-0.2, 0) is 0 Å². The van der Waals surface area contributed by atoms with Gasteiger partial charge in [0.1, 0.15) is 5.82 Å². The van der Waals surface area contributed by atoms with Gasteiger partial charge in [0.15, 0.2) is 0 Å². The topological polar surface area (TPSA) is 61.8 Å². The molecule has 3 heteroatoms. The van der Waals surface area contributed by atoms with Gasteiger partial charge in [-0.3, -0.25) is 0 Å². The lowest BCUT2D eigenvalue weighted by atomic mass is 10.2. The first-order valence-corrected chi connectivity index (χ1v) is 2.65. The van der Waals surface area contributed by atoms with Crippen LogP contribution in [0.15, 0.2) is 23.7 Å². The quantitative estimate of drug-likeness (QED) is 0.480. The lowest BCUT2D eigenvalue weighted by Crippen LogP contribution is -2.18. The number of rotatable bonds is 0. The van der Waals surface area contributed by atoms with Crippen molar-refractivity contribution in [1.29, 1.82) is 5.26 Å². The summed E-state index contributed by atoms with van der Waals surface area (Å²) in [5.74, 6) is 0.472. The summed E-state index contributed by atoms with van der Waals surface area (Å²) in [7, 11) is 0. The number of nitriles is 1. The van der Waals surface area contributed by atoms with Crippen molar-refractivity contribution >= 4 is 0 Å². The van der Waals surface area contributed by atoms with Crippen molar-refractivity contribution in [2.24, 2.45) is 5.73 Å². The van der Waals surface area contributed by atoms with Crippen LogP contribution in [0.4, 0.5) is 0 Å². The zero-order valence-corrected chi connectivity index (χ0v) is 4.89. The lowest BCUT2D eigenvalue weighted by Gasteiger charge is -2.06. The third kappa shape index (κ3) is 1.03. The number of nitrogens with two attached hydrogens (primary N) is 1. The SMILES string of the molecule is N#CC1=C(N)NC=CC1. The molecule has 3 N–H and O–H groups in total. The Kier molecular flexibility index (Phi) is 1.41. The van der Waals surface area contributed by atoms with E-state index >= 15 is 0 Å². The van der Waals surface area contributed by atoms with Crippen molar-refractivity contribution in [3.8, 4) is 6.07 Å². The molecule has 0 spiro atoms. The van der Waals surface area contributed by atoms with E-state index in [-0.39, 0.29) is 0 Å². The first-order valence-electron chi connectivity index (χ1n) is 2.65. The summed E-state index contributed by atoms with van der Waals surface area (Å²) in [6, 6.07) is 1.99. The Balaban J connectivity index is 2.79. The highest BCUT2D eigenvalue weighted by Crippen LogP contribution is 2.05. The predicted octanol–water partition coefficient (Wildman–Crippen LogP) is 0.187. The molecular formula is C6H7N3. The van der Waals surface area contributed by atoms with E-state index in [1.54, 1.807) is 6.20 Å². The zero-order chi connectivity index (χ0) is 6.69. The number of hydrogen-bond donors (Lipinski definition) is 2. The fourth-order valence-electron chi connectivity index (χ4n) is 0.628. The molecule has 1 aliphatic heterocycles. The number of allylic oxidation sites excluding steroid dienone is 2. The van der Waals surface area contributed by atoms with Gasteiger partial charge in [-0.2, -0.15) is 5.26 Å². The van der Waals surface area contributed by atoms with E-state index in [1.807, 2.05) is 12.1 Å². The molecule has 0 amide bonds. The molecular weight excluding hydrogens is 114 g/mol. The molecule has 0 bridgehead atoms. The molecule has 0 aromatic carbocycles. The second kappa shape index (κ2) is 2.23. The zero-order valence-electron chi connectivity index (χ0n) is 4.89. The van der Waals surface area contributed by atoms with E-state index < -0.39 is 0 Å². The predicted molar refractivity (Wildman–Crippen MR) is 33.7 cm³/mol. The fourth-order valence-corrected chi connectivity index (χ4v) is 0.628. The first kappa shape index (κ1) is 5.70. The van der Waals surface area contributed by atoms with Crippen LogP contribution < -0.4 is 11.1 Å². The van der Waals surface area contributed by atoms with Gasteiger partial charge in [0.2, 0.25) is 0 Å². The smallest absolute Gasteiger partial charge is 0.114 e. The van der Waals surface area contributed by atoms with Crippen molar-refractivity contribution in [2.45, 2.75) is 6.42 Å². The second-order valence-electron chi connectivity index (χ2n) is 1.75. The van der Waals surface area contributed by atoms with E-state index in [1.165, 1.54) is 0 Å². The van der Waals surface area contributed by atoms with Crippen LogP contribution in [-0.4, -0.2) is 0 Å². The number of nitrogens with zero attached hydrogens (tertiary/aromatic N) is 1. The Hall–Kier alpha value is -1.43. The monoisotopic (exact) mass is 121 g/mol. The maximum absolute atomic E-state index is 8.40. The standard InChI is InChI=1S/C6H7N3/c7-4-5-2-1-3-9-6(5)8/h1,3,9H,2,8H2. The van der Waals surface area contributed by atoms with Crippen LogP contribution in [0.25, 0.3) is 0 Å². The van der Waals surface area contributed by atoms with Crippen molar-refractivity contribution in [3.05, 3.63) is 23.7 Å². The Bertz CT molecular complexity index is 207. The number of hydrogen-bond acceptors (Lipinski definition) is 3. The highest BCUT2D eigenvalue weighted by atomic mass is 15.0.